The molecule has 2 heteroatoms. The van der Waals surface area contributed by atoms with Crippen LogP contribution >= 0.6 is 0 Å². The zero-order valence-corrected chi connectivity index (χ0v) is 27.7. The largest absolute Gasteiger partial charge is 0.310 e. The van der Waals surface area contributed by atoms with Crippen molar-refractivity contribution in [3.8, 4) is 33.4 Å². The molecule has 8 rings (SSSR count). The third kappa shape index (κ3) is 6.56. The van der Waals surface area contributed by atoms with Crippen LogP contribution < -0.4 is 9.80 Å². The zero-order chi connectivity index (χ0) is 33.5. The maximum atomic E-state index is 2.34. The predicted octanol–water partition coefficient (Wildman–Crippen LogP) is 13.6. The first-order chi connectivity index (χ1) is 24.8. The molecule has 0 bridgehead atoms. The molecule has 0 N–H and O–H groups in total. The molecule has 0 saturated carbocycles. The summed E-state index contributed by atoms with van der Waals surface area (Å²) >= 11 is 0. The minimum atomic E-state index is 1.09. The Morgan fingerprint density at radius 3 is 0.800 bits per heavy atom. The molecule has 0 aliphatic rings. The number of para-hydroxylation sites is 2. The molecule has 0 unspecified atom stereocenters. The van der Waals surface area contributed by atoms with E-state index in [2.05, 4.69) is 228 Å². The van der Waals surface area contributed by atoms with E-state index in [1.54, 1.807) is 0 Å². The van der Waals surface area contributed by atoms with Crippen molar-refractivity contribution in [1.29, 1.82) is 0 Å². The van der Waals surface area contributed by atoms with Gasteiger partial charge >= 0.3 is 0 Å². The standard InChI is InChI=1S/C48H36N2/c1-5-15-37(16-6-1)39-27-31-45(32-28-39)50(46-33-29-40(30-34-46)38-17-7-2-8-18-38)48-26-14-20-42(36-48)41-19-13-25-47(35-41)49(43-21-9-3-10-22-43)44-23-11-4-12-24-44/h1-36H. The normalized spacial score (nSPS) is 10.8. The van der Waals surface area contributed by atoms with E-state index in [-0.39, 0.29) is 0 Å². The van der Waals surface area contributed by atoms with Gasteiger partial charge in [0.25, 0.3) is 0 Å². The first-order valence-corrected chi connectivity index (χ1v) is 17.0. The fourth-order valence-electron chi connectivity index (χ4n) is 6.56. The second kappa shape index (κ2) is 14.2. The first-order valence-electron chi connectivity index (χ1n) is 17.0. The van der Waals surface area contributed by atoms with Crippen molar-refractivity contribution in [3.05, 3.63) is 218 Å². The van der Waals surface area contributed by atoms with Crippen molar-refractivity contribution in [3.63, 3.8) is 0 Å². The number of anilines is 6. The molecule has 0 aliphatic heterocycles. The lowest BCUT2D eigenvalue weighted by atomic mass is 10.0. The summed E-state index contributed by atoms with van der Waals surface area (Å²) < 4.78 is 0. The van der Waals surface area contributed by atoms with Gasteiger partial charge in [-0.05, 0) is 106 Å². The molecular weight excluding hydrogens is 605 g/mol. The number of hydrogen-bond acceptors (Lipinski definition) is 2. The zero-order valence-electron chi connectivity index (χ0n) is 27.7. The fourth-order valence-corrected chi connectivity index (χ4v) is 6.56. The van der Waals surface area contributed by atoms with Crippen LogP contribution in [0.4, 0.5) is 34.1 Å². The van der Waals surface area contributed by atoms with Crippen molar-refractivity contribution in [2.45, 2.75) is 0 Å². The highest BCUT2D eigenvalue weighted by molar-refractivity contribution is 5.84. The quantitative estimate of drug-likeness (QED) is 0.155. The minimum Gasteiger partial charge on any atom is -0.310 e. The van der Waals surface area contributed by atoms with Gasteiger partial charge in [-0.15, -0.1) is 0 Å². The molecule has 0 amide bonds. The average molecular weight is 641 g/mol. The number of nitrogens with zero attached hydrogens (tertiary/aromatic N) is 2. The third-order valence-electron chi connectivity index (χ3n) is 9.04. The highest BCUT2D eigenvalue weighted by Crippen LogP contribution is 2.40. The Morgan fingerprint density at radius 2 is 0.440 bits per heavy atom. The SMILES string of the molecule is c1ccc(-c2ccc(N(c3ccc(-c4ccccc4)cc3)c3cccc(-c4cccc(N(c5ccccc5)c5ccccc5)c4)c3)cc2)cc1. The van der Waals surface area contributed by atoms with Crippen LogP contribution in [-0.4, -0.2) is 0 Å². The van der Waals surface area contributed by atoms with E-state index in [9.17, 15) is 0 Å². The Labute approximate surface area is 294 Å². The summed E-state index contributed by atoms with van der Waals surface area (Å²) in [5, 5.41) is 0. The summed E-state index contributed by atoms with van der Waals surface area (Å²) in [7, 11) is 0. The topological polar surface area (TPSA) is 6.48 Å². The lowest BCUT2D eigenvalue weighted by molar-refractivity contribution is 1.28. The van der Waals surface area contributed by atoms with Crippen molar-refractivity contribution < 1.29 is 0 Å². The molecule has 50 heavy (non-hydrogen) atoms. The maximum Gasteiger partial charge on any atom is 0.0467 e. The van der Waals surface area contributed by atoms with Crippen LogP contribution in [0.25, 0.3) is 33.4 Å². The van der Waals surface area contributed by atoms with E-state index in [0.717, 1.165) is 45.3 Å². The van der Waals surface area contributed by atoms with Crippen molar-refractivity contribution in [2.24, 2.45) is 0 Å². The van der Waals surface area contributed by atoms with E-state index in [4.69, 9.17) is 0 Å². The van der Waals surface area contributed by atoms with Gasteiger partial charge in [0.1, 0.15) is 0 Å². The lowest BCUT2D eigenvalue weighted by Crippen LogP contribution is -2.10. The maximum absolute atomic E-state index is 2.34. The van der Waals surface area contributed by atoms with Crippen LogP contribution in [-0.2, 0) is 0 Å². The molecule has 8 aromatic rings. The van der Waals surface area contributed by atoms with Crippen molar-refractivity contribution >= 4 is 34.1 Å². The van der Waals surface area contributed by atoms with Crippen molar-refractivity contribution in [1.82, 2.24) is 0 Å². The first kappa shape index (κ1) is 30.7. The molecular formula is C48H36N2. The van der Waals surface area contributed by atoms with Gasteiger partial charge in [-0.2, -0.15) is 0 Å². The third-order valence-corrected chi connectivity index (χ3v) is 9.04. The number of benzene rings is 8. The second-order valence-electron chi connectivity index (χ2n) is 12.3. The summed E-state index contributed by atoms with van der Waals surface area (Å²) in [6.45, 7) is 0. The molecule has 0 heterocycles. The molecule has 0 atom stereocenters. The smallest absolute Gasteiger partial charge is 0.0467 e. The predicted molar refractivity (Wildman–Crippen MR) is 212 cm³/mol. The van der Waals surface area contributed by atoms with E-state index in [1.165, 1.54) is 22.3 Å². The van der Waals surface area contributed by atoms with Gasteiger partial charge in [-0.1, -0.05) is 146 Å². The Kier molecular flexibility index (Phi) is 8.73. The molecule has 0 aromatic heterocycles. The Balaban J connectivity index is 1.19. The molecule has 238 valence electrons. The molecule has 0 saturated heterocycles. The molecule has 2 nitrogen and oxygen atoms in total. The van der Waals surface area contributed by atoms with Gasteiger partial charge in [0, 0.05) is 34.1 Å². The number of rotatable bonds is 9. The summed E-state index contributed by atoms with van der Waals surface area (Å²) in [4.78, 5) is 4.65. The van der Waals surface area contributed by atoms with Crippen LogP contribution in [0.15, 0.2) is 218 Å². The van der Waals surface area contributed by atoms with Gasteiger partial charge in [-0.25, -0.2) is 0 Å². The molecule has 0 fully saturated rings. The highest BCUT2D eigenvalue weighted by Gasteiger charge is 2.16. The Hall–Kier alpha value is -6.64. The highest BCUT2D eigenvalue weighted by atomic mass is 15.1. The fraction of sp³-hybridized carbons (Fsp3) is 0. The van der Waals surface area contributed by atoms with Crippen LogP contribution in [0.3, 0.4) is 0 Å². The van der Waals surface area contributed by atoms with Crippen LogP contribution in [0.5, 0.6) is 0 Å². The van der Waals surface area contributed by atoms with E-state index in [0.29, 0.717) is 0 Å². The molecule has 0 spiro atoms. The molecule has 8 aromatic carbocycles. The van der Waals surface area contributed by atoms with Crippen LogP contribution in [0.2, 0.25) is 0 Å². The monoisotopic (exact) mass is 640 g/mol. The number of hydrogen-bond donors (Lipinski definition) is 0. The Morgan fingerprint density at radius 1 is 0.180 bits per heavy atom. The summed E-state index contributed by atoms with van der Waals surface area (Å²) in [5.74, 6) is 0. The lowest BCUT2D eigenvalue weighted by Gasteiger charge is -2.27. The summed E-state index contributed by atoms with van der Waals surface area (Å²) in [6.07, 6.45) is 0. The van der Waals surface area contributed by atoms with E-state index < -0.39 is 0 Å². The van der Waals surface area contributed by atoms with Gasteiger partial charge in [-0.3, -0.25) is 0 Å². The van der Waals surface area contributed by atoms with E-state index in [1.807, 2.05) is 0 Å². The average Bonchev–Trinajstić information content (AvgIpc) is 3.20. The van der Waals surface area contributed by atoms with Crippen molar-refractivity contribution in [2.75, 3.05) is 9.80 Å². The van der Waals surface area contributed by atoms with Gasteiger partial charge in [0.05, 0.1) is 0 Å². The minimum absolute atomic E-state index is 1.09. The summed E-state index contributed by atoms with van der Waals surface area (Å²) in [6, 6.07) is 77.6. The Bertz CT molecular complexity index is 2160. The van der Waals surface area contributed by atoms with Gasteiger partial charge in [0.15, 0.2) is 0 Å². The molecule has 0 radical (unpaired) electrons. The van der Waals surface area contributed by atoms with Crippen LogP contribution in [0, 0.1) is 0 Å². The second-order valence-corrected chi connectivity index (χ2v) is 12.3. The molecule has 0 aliphatic carbocycles. The van der Waals surface area contributed by atoms with Gasteiger partial charge < -0.3 is 9.80 Å². The van der Waals surface area contributed by atoms with Crippen LogP contribution in [0.1, 0.15) is 0 Å². The summed E-state index contributed by atoms with van der Waals surface area (Å²) in [5.41, 5.74) is 13.7. The van der Waals surface area contributed by atoms with E-state index >= 15 is 0 Å². The van der Waals surface area contributed by atoms with Gasteiger partial charge in [0.2, 0.25) is 0 Å².